The van der Waals surface area contributed by atoms with E-state index in [0.29, 0.717) is 18.9 Å². The third-order valence-corrected chi connectivity index (χ3v) is 1.86. The molecule has 5 heteroatoms. The molecule has 15 heavy (non-hydrogen) atoms. The first-order valence-electron chi connectivity index (χ1n) is 5.24. The number of hydrogen-bond acceptors (Lipinski definition) is 2. The Hall–Kier alpha value is -0.290. The number of nitrogens with one attached hydrogen (secondary N) is 1. The molecule has 0 spiro atoms. The summed E-state index contributed by atoms with van der Waals surface area (Å²) in [6.07, 6.45) is -4.00. The molecule has 0 heterocycles. The van der Waals surface area contributed by atoms with Crippen molar-refractivity contribution in [1.82, 2.24) is 5.32 Å². The van der Waals surface area contributed by atoms with Crippen molar-refractivity contribution in [2.75, 3.05) is 19.7 Å². The van der Waals surface area contributed by atoms with Crippen LogP contribution >= 0.6 is 0 Å². The lowest BCUT2D eigenvalue weighted by Gasteiger charge is -2.18. The summed E-state index contributed by atoms with van der Waals surface area (Å²) in [6.45, 7) is 6.03. The Kier molecular flexibility index (Phi) is 6.92. The van der Waals surface area contributed by atoms with Crippen LogP contribution in [0.25, 0.3) is 0 Å². The van der Waals surface area contributed by atoms with Crippen LogP contribution in [-0.4, -0.2) is 32.0 Å². The van der Waals surface area contributed by atoms with E-state index in [2.05, 4.69) is 5.32 Å². The van der Waals surface area contributed by atoms with Gasteiger partial charge in [-0.25, -0.2) is 0 Å². The van der Waals surface area contributed by atoms with Gasteiger partial charge in [0.05, 0.1) is 6.10 Å². The Balaban J connectivity index is 3.64. The van der Waals surface area contributed by atoms with Gasteiger partial charge < -0.3 is 10.1 Å². The van der Waals surface area contributed by atoms with Crippen LogP contribution in [-0.2, 0) is 4.74 Å². The van der Waals surface area contributed by atoms with Gasteiger partial charge in [0.2, 0.25) is 0 Å². The largest absolute Gasteiger partial charge is 0.411 e. The molecule has 0 aromatic rings. The normalized spacial score (nSPS) is 14.6. The van der Waals surface area contributed by atoms with Crippen molar-refractivity contribution >= 4 is 0 Å². The molecule has 92 valence electrons. The standard InChI is InChI=1S/C10H20F3NO/c1-4-9(6-14-5-8(2)3)15-7-10(11,12)13/h8-9,14H,4-7H2,1-3H3. The molecule has 0 radical (unpaired) electrons. The van der Waals surface area contributed by atoms with Gasteiger partial charge in [0, 0.05) is 6.54 Å². The van der Waals surface area contributed by atoms with E-state index in [4.69, 9.17) is 4.74 Å². The second-order valence-corrected chi connectivity index (χ2v) is 4.01. The Bertz CT molecular complexity index is 159. The quantitative estimate of drug-likeness (QED) is 0.721. The van der Waals surface area contributed by atoms with E-state index in [0.717, 1.165) is 6.54 Å². The van der Waals surface area contributed by atoms with Crippen molar-refractivity contribution in [3.05, 3.63) is 0 Å². The van der Waals surface area contributed by atoms with E-state index in [9.17, 15) is 13.2 Å². The minimum absolute atomic E-state index is 0.356. The molecule has 1 N–H and O–H groups in total. The monoisotopic (exact) mass is 227 g/mol. The molecule has 0 saturated heterocycles. The van der Waals surface area contributed by atoms with Crippen LogP contribution in [0.2, 0.25) is 0 Å². The summed E-state index contributed by atoms with van der Waals surface area (Å²) in [5.74, 6) is 0.491. The molecule has 0 rings (SSSR count). The fourth-order valence-corrected chi connectivity index (χ4v) is 1.07. The third kappa shape index (κ3) is 10.0. The first-order chi connectivity index (χ1) is 6.85. The Labute approximate surface area is 89.2 Å². The van der Waals surface area contributed by atoms with E-state index >= 15 is 0 Å². The molecule has 1 atom stereocenters. The maximum absolute atomic E-state index is 11.9. The van der Waals surface area contributed by atoms with Crippen LogP contribution in [0, 0.1) is 5.92 Å². The van der Waals surface area contributed by atoms with E-state index in [-0.39, 0.29) is 6.10 Å². The van der Waals surface area contributed by atoms with Gasteiger partial charge in [0.25, 0.3) is 0 Å². The summed E-state index contributed by atoms with van der Waals surface area (Å²) < 4.78 is 40.3. The summed E-state index contributed by atoms with van der Waals surface area (Å²) in [7, 11) is 0. The topological polar surface area (TPSA) is 21.3 Å². The summed E-state index contributed by atoms with van der Waals surface area (Å²) in [6, 6.07) is 0. The highest BCUT2D eigenvalue weighted by Crippen LogP contribution is 2.15. The van der Waals surface area contributed by atoms with Crippen molar-refractivity contribution in [1.29, 1.82) is 0 Å². The molecule has 2 nitrogen and oxygen atoms in total. The molecular formula is C10H20F3NO. The fourth-order valence-electron chi connectivity index (χ4n) is 1.07. The van der Waals surface area contributed by atoms with Gasteiger partial charge in [0.1, 0.15) is 6.61 Å². The van der Waals surface area contributed by atoms with Gasteiger partial charge in [-0.1, -0.05) is 20.8 Å². The fraction of sp³-hybridized carbons (Fsp3) is 1.00. The molecule has 1 unspecified atom stereocenters. The lowest BCUT2D eigenvalue weighted by molar-refractivity contribution is -0.185. The summed E-state index contributed by atoms with van der Waals surface area (Å²) in [5, 5.41) is 3.08. The van der Waals surface area contributed by atoms with E-state index < -0.39 is 12.8 Å². The van der Waals surface area contributed by atoms with Gasteiger partial charge >= 0.3 is 6.18 Å². The summed E-state index contributed by atoms with van der Waals surface area (Å²) in [4.78, 5) is 0. The zero-order valence-electron chi connectivity index (χ0n) is 9.53. The average molecular weight is 227 g/mol. The average Bonchev–Trinajstić information content (AvgIpc) is 2.08. The Morgan fingerprint density at radius 2 is 1.80 bits per heavy atom. The number of rotatable bonds is 7. The smallest absolute Gasteiger partial charge is 0.367 e. The highest BCUT2D eigenvalue weighted by molar-refractivity contribution is 4.62. The van der Waals surface area contributed by atoms with Gasteiger partial charge in [-0.2, -0.15) is 13.2 Å². The van der Waals surface area contributed by atoms with Gasteiger partial charge in [-0.3, -0.25) is 0 Å². The Morgan fingerprint density at radius 3 is 2.20 bits per heavy atom. The van der Waals surface area contributed by atoms with Crippen molar-refractivity contribution in [3.63, 3.8) is 0 Å². The maximum Gasteiger partial charge on any atom is 0.411 e. The van der Waals surface area contributed by atoms with Gasteiger partial charge in [-0.05, 0) is 18.9 Å². The molecule has 0 aliphatic rings. The van der Waals surface area contributed by atoms with Crippen molar-refractivity contribution in [2.45, 2.75) is 39.5 Å². The highest BCUT2D eigenvalue weighted by atomic mass is 19.4. The van der Waals surface area contributed by atoms with Crippen LogP contribution in [0.15, 0.2) is 0 Å². The lowest BCUT2D eigenvalue weighted by atomic mass is 10.2. The van der Waals surface area contributed by atoms with E-state index in [1.54, 1.807) is 0 Å². The van der Waals surface area contributed by atoms with Gasteiger partial charge in [-0.15, -0.1) is 0 Å². The minimum atomic E-state index is -4.23. The summed E-state index contributed by atoms with van der Waals surface area (Å²) in [5.41, 5.74) is 0. The predicted molar refractivity (Wildman–Crippen MR) is 53.8 cm³/mol. The number of alkyl halides is 3. The summed E-state index contributed by atoms with van der Waals surface area (Å²) >= 11 is 0. The molecule has 0 bridgehead atoms. The van der Waals surface area contributed by atoms with E-state index in [1.807, 2.05) is 20.8 Å². The highest BCUT2D eigenvalue weighted by Gasteiger charge is 2.28. The van der Waals surface area contributed by atoms with Crippen molar-refractivity contribution in [2.24, 2.45) is 5.92 Å². The zero-order chi connectivity index (χ0) is 11.9. The van der Waals surface area contributed by atoms with Crippen molar-refractivity contribution < 1.29 is 17.9 Å². The van der Waals surface area contributed by atoms with Gasteiger partial charge in [0.15, 0.2) is 0 Å². The molecular weight excluding hydrogens is 207 g/mol. The van der Waals surface area contributed by atoms with Crippen LogP contribution in [0.4, 0.5) is 13.2 Å². The number of ether oxygens (including phenoxy) is 1. The van der Waals surface area contributed by atoms with Crippen LogP contribution in [0.5, 0.6) is 0 Å². The molecule has 0 saturated carbocycles. The van der Waals surface area contributed by atoms with Crippen LogP contribution in [0.3, 0.4) is 0 Å². The molecule has 0 amide bonds. The molecule has 0 aromatic carbocycles. The third-order valence-electron chi connectivity index (χ3n) is 1.86. The van der Waals surface area contributed by atoms with Crippen LogP contribution < -0.4 is 5.32 Å². The van der Waals surface area contributed by atoms with Crippen LogP contribution in [0.1, 0.15) is 27.2 Å². The maximum atomic E-state index is 11.9. The molecule has 0 aromatic heterocycles. The van der Waals surface area contributed by atoms with E-state index in [1.165, 1.54) is 0 Å². The molecule has 0 aliphatic carbocycles. The lowest BCUT2D eigenvalue weighted by Crippen LogP contribution is -2.33. The zero-order valence-corrected chi connectivity index (χ0v) is 9.53. The first kappa shape index (κ1) is 14.7. The minimum Gasteiger partial charge on any atom is -0.367 e. The second-order valence-electron chi connectivity index (χ2n) is 4.01. The predicted octanol–water partition coefficient (Wildman–Crippen LogP) is 2.59. The SMILES string of the molecule is CCC(CNCC(C)C)OCC(F)(F)F. The molecule has 0 fully saturated rings. The first-order valence-corrected chi connectivity index (χ1v) is 5.24. The number of hydrogen-bond donors (Lipinski definition) is 1. The number of halogens is 3. The molecule has 0 aliphatic heterocycles. The second kappa shape index (κ2) is 7.06. The van der Waals surface area contributed by atoms with Crippen molar-refractivity contribution in [3.8, 4) is 0 Å². The Morgan fingerprint density at radius 1 is 1.20 bits per heavy atom.